The highest BCUT2D eigenvalue weighted by atomic mass is 15.0. The van der Waals surface area contributed by atoms with E-state index in [1.54, 1.807) is 37.2 Å². The lowest BCUT2D eigenvalue weighted by atomic mass is 10.4. The molecule has 0 amide bonds. The second kappa shape index (κ2) is 35.8. The highest BCUT2D eigenvalue weighted by molar-refractivity contribution is 4.97. The third-order valence-corrected chi connectivity index (χ3v) is 2.73. The van der Waals surface area contributed by atoms with E-state index in [-0.39, 0.29) is 0 Å². The van der Waals surface area contributed by atoms with Crippen LogP contribution in [-0.2, 0) is 0 Å². The van der Waals surface area contributed by atoms with Crippen molar-refractivity contribution in [1.29, 1.82) is 0 Å². The molecule has 0 saturated heterocycles. The maximum atomic E-state index is 3.92. The van der Waals surface area contributed by atoms with E-state index < -0.39 is 0 Å². The molecule has 0 aliphatic rings. The first kappa shape index (κ1) is 39.5. The highest BCUT2D eigenvalue weighted by Crippen LogP contribution is 1.84. The molecule has 0 unspecified atom stereocenters. The van der Waals surface area contributed by atoms with Crippen molar-refractivity contribution in [1.82, 2.24) is 44.9 Å². The number of nitrogens with zero attached hydrogens (tertiary/aromatic N) is 9. The van der Waals surface area contributed by atoms with E-state index in [1.807, 2.05) is 89.2 Å². The number of hydrogen-bond donors (Lipinski definition) is 0. The minimum absolute atomic E-state index is 0.759. The van der Waals surface area contributed by atoms with Crippen LogP contribution in [0.4, 0.5) is 0 Å². The van der Waals surface area contributed by atoms with Crippen LogP contribution in [0.25, 0.3) is 0 Å². The molecule has 0 bridgehead atoms. The van der Waals surface area contributed by atoms with Crippen LogP contribution in [0.2, 0.25) is 0 Å². The number of aromatic nitrogens is 9. The molecule has 9 nitrogen and oxygen atoms in total. The minimum Gasteiger partial charge on any atom is -0.261 e. The molecule has 4 rings (SSSR count). The number of hydrogen-bond acceptors (Lipinski definition) is 9. The van der Waals surface area contributed by atoms with Gasteiger partial charge in [-0.2, -0.15) is 0 Å². The van der Waals surface area contributed by atoms with Crippen LogP contribution in [-0.4, -0.2) is 44.9 Å². The summed E-state index contributed by atoms with van der Waals surface area (Å²) >= 11 is 0. The Morgan fingerprint density at radius 2 is 0.944 bits per heavy atom. The summed E-state index contributed by atoms with van der Waals surface area (Å²) in [4.78, 5) is 34.0. The second-order valence-corrected chi connectivity index (χ2v) is 5.30. The Bertz CT molecular complexity index is 699. The standard InChI is InChI=1S/3C5H6N2.C4H5N3.4C2H6/c1-5-2-6-4-7-3-5;1-5-4-6-2-3-7-5;1-5-2-3-6-4-7-5;1-4-6-2-5-3-7-4;4*1-2/h3*2-4H,1H3;2-3H,1H3;4*1-2H3. The van der Waals surface area contributed by atoms with Gasteiger partial charge >= 0.3 is 0 Å². The van der Waals surface area contributed by atoms with Gasteiger partial charge in [-0.05, 0) is 39.3 Å². The van der Waals surface area contributed by atoms with E-state index in [0.717, 1.165) is 22.8 Å². The molecule has 0 aromatic carbocycles. The lowest BCUT2D eigenvalue weighted by molar-refractivity contribution is 0.974. The zero-order valence-electron chi connectivity index (χ0n) is 24.4. The van der Waals surface area contributed by atoms with E-state index in [0.29, 0.717) is 0 Å². The summed E-state index contributed by atoms with van der Waals surface area (Å²) in [5.41, 5.74) is 3.07. The summed E-state index contributed by atoms with van der Waals surface area (Å²) in [6, 6.07) is 1.86. The molecule has 4 aromatic rings. The van der Waals surface area contributed by atoms with Crippen molar-refractivity contribution < 1.29 is 0 Å². The molecule has 0 radical (unpaired) electrons. The Hall–Kier alpha value is -3.75. The quantitative estimate of drug-likeness (QED) is 0.263. The molecule has 0 saturated carbocycles. The minimum atomic E-state index is 0.759. The lowest BCUT2D eigenvalue weighted by Crippen LogP contribution is -1.84. The molecular formula is C27H47N9. The van der Waals surface area contributed by atoms with Crippen LogP contribution < -0.4 is 0 Å². The highest BCUT2D eigenvalue weighted by Gasteiger charge is 1.76. The Labute approximate surface area is 219 Å². The van der Waals surface area contributed by atoms with E-state index >= 15 is 0 Å². The van der Waals surface area contributed by atoms with Gasteiger partial charge in [0.15, 0.2) is 0 Å². The summed E-state index contributed by atoms with van der Waals surface area (Å²) in [5.74, 6) is 0.759. The van der Waals surface area contributed by atoms with Gasteiger partial charge in [-0.15, -0.1) is 0 Å². The van der Waals surface area contributed by atoms with Crippen molar-refractivity contribution in [2.45, 2.75) is 83.1 Å². The van der Waals surface area contributed by atoms with Gasteiger partial charge in [0.25, 0.3) is 0 Å². The Morgan fingerprint density at radius 1 is 0.417 bits per heavy atom. The summed E-state index contributed by atoms with van der Waals surface area (Å²) in [5, 5.41) is 0. The maximum absolute atomic E-state index is 3.92. The fourth-order valence-electron chi connectivity index (χ4n) is 1.40. The van der Waals surface area contributed by atoms with Crippen LogP contribution in [0, 0.1) is 27.7 Å². The van der Waals surface area contributed by atoms with Gasteiger partial charge in [-0.3, -0.25) is 9.97 Å². The maximum Gasteiger partial charge on any atom is 0.128 e. The van der Waals surface area contributed by atoms with E-state index in [2.05, 4.69) is 44.9 Å². The Morgan fingerprint density at radius 3 is 1.17 bits per heavy atom. The van der Waals surface area contributed by atoms with Crippen molar-refractivity contribution in [2.24, 2.45) is 0 Å². The first-order valence-electron chi connectivity index (χ1n) is 12.3. The van der Waals surface area contributed by atoms with Crippen LogP contribution in [0.15, 0.2) is 68.6 Å². The van der Waals surface area contributed by atoms with Crippen molar-refractivity contribution in [3.63, 3.8) is 0 Å². The SMILES string of the molecule is CC.CC.CC.CC.Cc1ccncn1.Cc1cnccn1.Cc1cncnc1.Cc1ncncn1. The van der Waals surface area contributed by atoms with Gasteiger partial charge in [0.1, 0.15) is 31.1 Å². The van der Waals surface area contributed by atoms with Gasteiger partial charge in [0, 0.05) is 42.9 Å². The Kier molecular flexibility index (Phi) is 39.3. The summed E-state index contributed by atoms with van der Waals surface area (Å²) < 4.78 is 0. The molecule has 4 aromatic heterocycles. The average molecular weight is 498 g/mol. The topological polar surface area (TPSA) is 116 Å². The van der Waals surface area contributed by atoms with Crippen molar-refractivity contribution >= 4 is 0 Å². The first-order valence-corrected chi connectivity index (χ1v) is 12.3. The van der Waals surface area contributed by atoms with Gasteiger partial charge in [-0.1, -0.05) is 55.4 Å². The summed E-state index contributed by atoms with van der Waals surface area (Å²) in [7, 11) is 0. The van der Waals surface area contributed by atoms with E-state index in [1.165, 1.54) is 25.3 Å². The zero-order chi connectivity index (χ0) is 28.5. The first-order chi connectivity index (χ1) is 17.6. The molecule has 0 aliphatic carbocycles. The smallest absolute Gasteiger partial charge is 0.128 e. The largest absolute Gasteiger partial charge is 0.261 e. The van der Waals surface area contributed by atoms with Crippen LogP contribution in [0.3, 0.4) is 0 Å². The molecule has 200 valence electrons. The van der Waals surface area contributed by atoms with Gasteiger partial charge < -0.3 is 0 Å². The third kappa shape index (κ3) is 32.4. The zero-order valence-corrected chi connectivity index (χ0v) is 24.4. The van der Waals surface area contributed by atoms with Crippen molar-refractivity contribution in [3.8, 4) is 0 Å². The molecule has 4 heterocycles. The van der Waals surface area contributed by atoms with Crippen LogP contribution >= 0.6 is 0 Å². The molecule has 0 N–H and O–H groups in total. The Balaban J connectivity index is -0.000000173. The summed E-state index contributed by atoms with van der Waals surface area (Å²) in [6.45, 7) is 23.6. The average Bonchev–Trinajstić information content (AvgIpc) is 2.96. The second-order valence-electron chi connectivity index (χ2n) is 5.30. The van der Waals surface area contributed by atoms with Gasteiger partial charge in [-0.25, -0.2) is 34.9 Å². The predicted molar refractivity (Wildman–Crippen MR) is 150 cm³/mol. The van der Waals surface area contributed by atoms with E-state index in [4.69, 9.17) is 0 Å². The van der Waals surface area contributed by atoms with Gasteiger partial charge in [0.05, 0.1) is 5.69 Å². The third-order valence-electron chi connectivity index (χ3n) is 2.73. The van der Waals surface area contributed by atoms with Crippen LogP contribution in [0.5, 0.6) is 0 Å². The number of rotatable bonds is 0. The van der Waals surface area contributed by atoms with Gasteiger partial charge in [0.2, 0.25) is 0 Å². The molecular weight excluding hydrogens is 450 g/mol. The monoisotopic (exact) mass is 497 g/mol. The fourth-order valence-corrected chi connectivity index (χ4v) is 1.40. The fraction of sp³-hybridized carbons (Fsp3) is 0.444. The number of aryl methyl sites for hydroxylation is 4. The van der Waals surface area contributed by atoms with Crippen molar-refractivity contribution in [3.05, 3.63) is 91.3 Å². The molecule has 0 fully saturated rings. The molecule has 0 spiro atoms. The molecule has 36 heavy (non-hydrogen) atoms. The molecule has 0 aliphatic heterocycles. The molecule has 0 atom stereocenters. The van der Waals surface area contributed by atoms with Crippen LogP contribution in [0.1, 0.15) is 78.2 Å². The van der Waals surface area contributed by atoms with E-state index in [9.17, 15) is 0 Å². The summed E-state index contributed by atoms with van der Waals surface area (Å²) in [6.07, 6.45) is 16.3. The molecule has 9 heteroatoms. The van der Waals surface area contributed by atoms with Crippen molar-refractivity contribution in [2.75, 3.05) is 0 Å². The lowest BCUT2D eigenvalue weighted by Gasteiger charge is -1.81. The normalized spacial score (nSPS) is 7.44. The predicted octanol–water partition coefficient (Wildman–Crippen LogP) is 6.64.